The molecule has 3 aliphatic rings. The van der Waals surface area contributed by atoms with Crippen molar-refractivity contribution in [2.24, 2.45) is 11.8 Å². The third-order valence-electron chi connectivity index (χ3n) is 6.55. The van der Waals surface area contributed by atoms with Gasteiger partial charge in [0.25, 0.3) is 0 Å². The van der Waals surface area contributed by atoms with Crippen LogP contribution in [0.2, 0.25) is 0 Å². The summed E-state index contributed by atoms with van der Waals surface area (Å²) < 4.78 is 0. The summed E-state index contributed by atoms with van der Waals surface area (Å²) in [6.07, 6.45) is 5.07. The number of likely N-dealkylation sites (N-methyl/N-ethyl adjacent to an activating group) is 1. The summed E-state index contributed by atoms with van der Waals surface area (Å²) >= 11 is 0. The summed E-state index contributed by atoms with van der Waals surface area (Å²) in [5.41, 5.74) is 0. The molecule has 0 atom stereocenters. The second kappa shape index (κ2) is 8.83. The Morgan fingerprint density at radius 1 is 0.880 bits per heavy atom. The van der Waals surface area contributed by atoms with E-state index in [1.54, 1.807) is 0 Å². The molecule has 0 aromatic rings. The molecule has 5 heteroatoms. The van der Waals surface area contributed by atoms with Crippen molar-refractivity contribution in [1.82, 2.24) is 19.6 Å². The predicted octanol–water partition coefficient (Wildman–Crippen LogP) is 1.59. The standard InChI is InChI=1S/C20H38N4O/c1-17(2)20(25)24-10-4-18(5-11-24)16-22-8-6-19(7-9-22)23-14-12-21(3)13-15-23/h17-19H,4-16H2,1-3H3. The van der Waals surface area contributed by atoms with Gasteiger partial charge in [-0.05, 0) is 51.7 Å². The van der Waals surface area contributed by atoms with Gasteiger partial charge in [0.2, 0.25) is 5.91 Å². The number of carbonyl (C=O) groups is 1. The quantitative estimate of drug-likeness (QED) is 0.770. The van der Waals surface area contributed by atoms with E-state index in [2.05, 4.69) is 26.6 Å². The first-order valence-electron chi connectivity index (χ1n) is 10.5. The van der Waals surface area contributed by atoms with Crippen molar-refractivity contribution in [3.8, 4) is 0 Å². The van der Waals surface area contributed by atoms with Crippen LogP contribution in [0.3, 0.4) is 0 Å². The minimum absolute atomic E-state index is 0.144. The molecule has 144 valence electrons. The number of hydrogen-bond acceptors (Lipinski definition) is 4. The van der Waals surface area contributed by atoms with Crippen LogP contribution in [0.15, 0.2) is 0 Å². The van der Waals surface area contributed by atoms with Crippen LogP contribution in [0.4, 0.5) is 0 Å². The molecule has 5 nitrogen and oxygen atoms in total. The fraction of sp³-hybridized carbons (Fsp3) is 0.950. The highest BCUT2D eigenvalue weighted by atomic mass is 16.2. The average Bonchev–Trinajstić information content (AvgIpc) is 2.63. The predicted molar refractivity (Wildman–Crippen MR) is 103 cm³/mol. The van der Waals surface area contributed by atoms with Gasteiger partial charge < -0.3 is 14.7 Å². The molecule has 3 aliphatic heterocycles. The number of rotatable bonds is 4. The minimum Gasteiger partial charge on any atom is -0.342 e. The molecule has 3 heterocycles. The zero-order valence-electron chi connectivity index (χ0n) is 16.6. The highest BCUT2D eigenvalue weighted by Crippen LogP contribution is 2.23. The first-order chi connectivity index (χ1) is 12.0. The molecule has 25 heavy (non-hydrogen) atoms. The van der Waals surface area contributed by atoms with Gasteiger partial charge in [-0.15, -0.1) is 0 Å². The largest absolute Gasteiger partial charge is 0.342 e. The number of amides is 1. The van der Waals surface area contributed by atoms with Gasteiger partial charge in [-0.1, -0.05) is 13.8 Å². The van der Waals surface area contributed by atoms with E-state index in [1.807, 2.05) is 13.8 Å². The molecule has 1 amide bonds. The Morgan fingerprint density at radius 2 is 1.48 bits per heavy atom. The third kappa shape index (κ3) is 5.18. The number of nitrogens with zero attached hydrogens (tertiary/aromatic N) is 4. The maximum absolute atomic E-state index is 12.1. The molecule has 0 spiro atoms. The molecule has 3 saturated heterocycles. The highest BCUT2D eigenvalue weighted by Gasteiger charge is 2.29. The Kier molecular flexibility index (Phi) is 6.75. The first-order valence-corrected chi connectivity index (χ1v) is 10.5. The summed E-state index contributed by atoms with van der Waals surface area (Å²) in [5.74, 6) is 1.27. The molecular formula is C20H38N4O. The van der Waals surface area contributed by atoms with Crippen LogP contribution >= 0.6 is 0 Å². The van der Waals surface area contributed by atoms with Gasteiger partial charge in [-0.2, -0.15) is 0 Å². The fourth-order valence-corrected chi connectivity index (χ4v) is 4.72. The van der Waals surface area contributed by atoms with E-state index in [9.17, 15) is 4.79 Å². The van der Waals surface area contributed by atoms with Crippen LogP contribution in [-0.4, -0.2) is 97.5 Å². The maximum atomic E-state index is 12.1. The van der Waals surface area contributed by atoms with Crippen LogP contribution in [0, 0.1) is 11.8 Å². The smallest absolute Gasteiger partial charge is 0.225 e. The van der Waals surface area contributed by atoms with E-state index in [0.29, 0.717) is 5.91 Å². The number of piperazine rings is 1. The summed E-state index contributed by atoms with van der Waals surface area (Å²) in [4.78, 5) is 22.1. The Balaban J connectivity index is 1.35. The Morgan fingerprint density at radius 3 is 2.04 bits per heavy atom. The monoisotopic (exact) mass is 350 g/mol. The van der Waals surface area contributed by atoms with Crippen LogP contribution < -0.4 is 0 Å². The van der Waals surface area contributed by atoms with Crippen molar-refractivity contribution in [2.75, 3.05) is 66.0 Å². The summed E-state index contributed by atoms with van der Waals surface area (Å²) in [7, 11) is 2.24. The van der Waals surface area contributed by atoms with Crippen molar-refractivity contribution in [3.63, 3.8) is 0 Å². The zero-order chi connectivity index (χ0) is 17.8. The van der Waals surface area contributed by atoms with E-state index in [0.717, 1.165) is 25.0 Å². The van der Waals surface area contributed by atoms with Crippen LogP contribution in [0.25, 0.3) is 0 Å². The van der Waals surface area contributed by atoms with Crippen molar-refractivity contribution < 1.29 is 4.79 Å². The molecule has 3 fully saturated rings. The lowest BCUT2D eigenvalue weighted by Crippen LogP contribution is -2.53. The second-order valence-electron chi connectivity index (χ2n) is 8.79. The lowest BCUT2D eigenvalue weighted by molar-refractivity contribution is -0.135. The van der Waals surface area contributed by atoms with Gasteiger partial charge >= 0.3 is 0 Å². The lowest BCUT2D eigenvalue weighted by Gasteiger charge is -2.43. The summed E-state index contributed by atoms with van der Waals surface area (Å²) in [6.45, 7) is 14.7. The Labute approximate surface area is 154 Å². The number of hydrogen-bond donors (Lipinski definition) is 0. The molecule has 0 N–H and O–H groups in total. The normalized spacial score (nSPS) is 26.5. The highest BCUT2D eigenvalue weighted by molar-refractivity contribution is 5.78. The Bertz CT molecular complexity index is 417. The number of piperidine rings is 2. The van der Waals surface area contributed by atoms with Crippen molar-refractivity contribution in [3.05, 3.63) is 0 Å². The maximum Gasteiger partial charge on any atom is 0.225 e. The lowest BCUT2D eigenvalue weighted by atomic mass is 9.93. The van der Waals surface area contributed by atoms with Gasteiger partial charge in [0.05, 0.1) is 0 Å². The van der Waals surface area contributed by atoms with Crippen LogP contribution in [0.1, 0.15) is 39.5 Å². The van der Waals surface area contributed by atoms with E-state index < -0.39 is 0 Å². The fourth-order valence-electron chi connectivity index (χ4n) is 4.72. The van der Waals surface area contributed by atoms with Crippen LogP contribution in [0.5, 0.6) is 0 Å². The topological polar surface area (TPSA) is 30.0 Å². The van der Waals surface area contributed by atoms with E-state index in [-0.39, 0.29) is 5.92 Å². The first kappa shape index (κ1) is 19.1. The molecule has 0 aliphatic carbocycles. The number of likely N-dealkylation sites (tertiary alicyclic amines) is 2. The van der Waals surface area contributed by atoms with Crippen LogP contribution in [-0.2, 0) is 4.79 Å². The molecule has 0 aromatic heterocycles. The molecule has 0 aromatic carbocycles. The van der Waals surface area contributed by atoms with E-state index >= 15 is 0 Å². The SMILES string of the molecule is CC(C)C(=O)N1CCC(CN2CCC(N3CCN(C)CC3)CC2)CC1. The summed E-state index contributed by atoms with van der Waals surface area (Å²) in [5, 5.41) is 0. The minimum atomic E-state index is 0.144. The van der Waals surface area contributed by atoms with Crippen molar-refractivity contribution in [2.45, 2.75) is 45.6 Å². The number of carbonyl (C=O) groups excluding carboxylic acids is 1. The molecule has 0 radical (unpaired) electrons. The zero-order valence-corrected chi connectivity index (χ0v) is 16.6. The van der Waals surface area contributed by atoms with Gasteiger partial charge in [-0.25, -0.2) is 0 Å². The van der Waals surface area contributed by atoms with Gasteiger partial charge in [0.15, 0.2) is 0 Å². The molecule has 0 saturated carbocycles. The molecule has 0 unspecified atom stereocenters. The average molecular weight is 351 g/mol. The van der Waals surface area contributed by atoms with E-state index in [1.165, 1.54) is 71.5 Å². The second-order valence-corrected chi connectivity index (χ2v) is 8.79. The summed E-state index contributed by atoms with van der Waals surface area (Å²) in [6, 6.07) is 0.815. The van der Waals surface area contributed by atoms with Gasteiger partial charge in [-0.3, -0.25) is 9.69 Å². The third-order valence-corrected chi connectivity index (χ3v) is 6.55. The van der Waals surface area contributed by atoms with Gasteiger partial charge in [0.1, 0.15) is 0 Å². The Hall–Kier alpha value is -0.650. The van der Waals surface area contributed by atoms with E-state index in [4.69, 9.17) is 0 Å². The van der Waals surface area contributed by atoms with Gasteiger partial charge in [0, 0.05) is 57.8 Å². The molecule has 3 rings (SSSR count). The van der Waals surface area contributed by atoms with Crippen molar-refractivity contribution in [1.29, 1.82) is 0 Å². The molecule has 0 bridgehead atoms. The molecular weight excluding hydrogens is 312 g/mol. The van der Waals surface area contributed by atoms with Crippen molar-refractivity contribution >= 4 is 5.91 Å².